The number of pyridine rings is 1. The highest BCUT2D eigenvalue weighted by atomic mass is 16.2. The summed E-state index contributed by atoms with van der Waals surface area (Å²) < 4.78 is 0. The lowest BCUT2D eigenvalue weighted by Gasteiger charge is -2.29. The lowest BCUT2D eigenvalue weighted by molar-refractivity contribution is -0.126. The van der Waals surface area contributed by atoms with Crippen molar-refractivity contribution in [1.29, 1.82) is 0 Å². The molecule has 2 rings (SSSR count). The number of aromatic nitrogens is 1. The van der Waals surface area contributed by atoms with E-state index in [1.54, 1.807) is 6.20 Å². The van der Waals surface area contributed by atoms with Crippen molar-refractivity contribution in [3.05, 3.63) is 66.0 Å². The zero-order valence-electron chi connectivity index (χ0n) is 13.9. The number of carbonyl (C=O) groups is 1. The average Bonchev–Trinajstić information content (AvgIpc) is 2.61. The maximum Gasteiger partial charge on any atom is 0.241 e. The number of likely N-dealkylation sites (N-methyl/N-ethyl adjacent to an activating group) is 1. The Bertz CT molecular complexity index is 582. The molecule has 122 valence electrons. The maximum atomic E-state index is 12.7. The van der Waals surface area contributed by atoms with Crippen molar-refractivity contribution in [3.8, 4) is 0 Å². The summed E-state index contributed by atoms with van der Waals surface area (Å²) in [5.74, 6) is 0.0517. The molecule has 0 bridgehead atoms. The van der Waals surface area contributed by atoms with Crippen LogP contribution in [0.4, 0.5) is 0 Å². The highest BCUT2D eigenvalue weighted by Gasteiger charge is 2.25. The maximum absolute atomic E-state index is 12.7. The minimum absolute atomic E-state index is 0.0517. The fourth-order valence-electron chi connectivity index (χ4n) is 2.71. The van der Waals surface area contributed by atoms with Gasteiger partial charge in [-0.15, -0.1) is 0 Å². The molecule has 23 heavy (non-hydrogen) atoms. The molecule has 0 aliphatic rings. The van der Waals surface area contributed by atoms with Gasteiger partial charge in [0.05, 0.1) is 0 Å². The minimum Gasteiger partial charge on any atom is -0.354 e. The summed E-state index contributed by atoms with van der Waals surface area (Å²) in [6.45, 7) is 6.44. The second-order valence-electron chi connectivity index (χ2n) is 5.40. The number of benzene rings is 1. The van der Waals surface area contributed by atoms with E-state index in [2.05, 4.69) is 29.0 Å². The normalized spacial score (nSPS) is 12.1. The van der Waals surface area contributed by atoms with Gasteiger partial charge in [0.25, 0.3) is 0 Å². The van der Waals surface area contributed by atoms with E-state index in [-0.39, 0.29) is 11.9 Å². The third-order valence-corrected chi connectivity index (χ3v) is 3.95. The van der Waals surface area contributed by atoms with Crippen LogP contribution in [0, 0.1) is 0 Å². The summed E-state index contributed by atoms with van der Waals surface area (Å²) in [6.07, 6.45) is 2.52. The second-order valence-corrected chi connectivity index (χ2v) is 5.40. The Kier molecular flexibility index (Phi) is 6.76. The van der Waals surface area contributed by atoms with Crippen LogP contribution in [0.5, 0.6) is 0 Å². The van der Waals surface area contributed by atoms with Crippen LogP contribution >= 0.6 is 0 Å². The monoisotopic (exact) mass is 311 g/mol. The molecule has 0 radical (unpaired) electrons. The Hall–Kier alpha value is -2.20. The Morgan fingerprint density at radius 2 is 1.78 bits per heavy atom. The summed E-state index contributed by atoms with van der Waals surface area (Å²) in [5.41, 5.74) is 2.03. The van der Waals surface area contributed by atoms with E-state index in [1.165, 1.54) is 0 Å². The first-order valence-corrected chi connectivity index (χ1v) is 8.22. The molecule has 1 N–H and O–H groups in total. The fourth-order valence-corrected chi connectivity index (χ4v) is 2.71. The molecular weight excluding hydrogens is 286 g/mol. The van der Waals surface area contributed by atoms with Gasteiger partial charge in [0.1, 0.15) is 6.04 Å². The quantitative estimate of drug-likeness (QED) is 0.815. The van der Waals surface area contributed by atoms with Crippen molar-refractivity contribution in [2.45, 2.75) is 26.3 Å². The van der Waals surface area contributed by atoms with Gasteiger partial charge in [-0.25, -0.2) is 0 Å². The minimum atomic E-state index is -0.241. The number of hydrogen-bond donors (Lipinski definition) is 1. The number of rotatable bonds is 8. The lowest BCUT2D eigenvalue weighted by Crippen LogP contribution is -2.41. The largest absolute Gasteiger partial charge is 0.354 e. The Morgan fingerprint density at radius 1 is 1.09 bits per heavy atom. The van der Waals surface area contributed by atoms with E-state index in [0.717, 1.165) is 30.8 Å². The van der Waals surface area contributed by atoms with Gasteiger partial charge in [0.2, 0.25) is 5.91 Å². The molecule has 0 fully saturated rings. The number of nitrogens with zero attached hydrogens (tertiary/aromatic N) is 2. The standard InChI is InChI=1S/C19H25N3O/c1-3-22(4-2)18(16-10-6-5-7-11-16)19(23)21-15-13-17-12-8-9-14-20-17/h5-12,14,18H,3-4,13,15H2,1-2H3,(H,21,23)/t18-/m1/s1. The Morgan fingerprint density at radius 3 is 2.39 bits per heavy atom. The zero-order chi connectivity index (χ0) is 16.5. The number of hydrogen-bond acceptors (Lipinski definition) is 3. The van der Waals surface area contributed by atoms with Gasteiger partial charge in [-0.3, -0.25) is 14.7 Å². The molecule has 0 aliphatic carbocycles. The molecule has 0 aliphatic heterocycles. The summed E-state index contributed by atoms with van der Waals surface area (Å²) in [5, 5.41) is 3.06. The van der Waals surface area contributed by atoms with Crippen molar-refractivity contribution >= 4 is 5.91 Å². The van der Waals surface area contributed by atoms with E-state index in [0.29, 0.717) is 6.54 Å². The van der Waals surface area contributed by atoms with E-state index in [4.69, 9.17) is 0 Å². The van der Waals surface area contributed by atoms with E-state index in [9.17, 15) is 4.79 Å². The molecule has 0 spiro atoms. The number of carbonyl (C=O) groups excluding carboxylic acids is 1. The van der Waals surface area contributed by atoms with Crippen LogP contribution in [0.15, 0.2) is 54.7 Å². The molecule has 1 heterocycles. The first-order valence-electron chi connectivity index (χ1n) is 8.22. The van der Waals surface area contributed by atoms with Crippen molar-refractivity contribution in [2.24, 2.45) is 0 Å². The zero-order valence-corrected chi connectivity index (χ0v) is 13.9. The smallest absolute Gasteiger partial charge is 0.241 e. The highest BCUT2D eigenvalue weighted by molar-refractivity contribution is 5.83. The summed E-state index contributed by atoms with van der Waals surface area (Å²) >= 11 is 0. The predicted octanol–water partition coefficient (Wildman–Crippen LogP) is 2.82. The van der Waals surface area contributed by atoms with Crippen LogP contribution in [0.2, 0.25) is 0 Å². The molecule has 0 unspecified atom stereocenters. The number of nitrogens with one attached hydrogen (secondary N) is 1. The Labute approximate surface area is 138 Å². The van der Waals surface area contributed by atoms with Crippen molar-refractivity contribution < 1.29 is 4.79 Å². The van der Waals surface area contributed by atoms with E-state index >= 15 is 0 Å². The Balaban J connectivity index is 2.02. The topological polar surface area (TPSA) is 45.2 Å². The van der Waals surface area contributed by atoms with Gasteiger partial charge in [-0.05, 0) is 30.8 Å². The van der Waals surface area contributed by atoms with Crippen LogP contribution in [-0.4, -0.2) is 35.4 Å². The third kappa shape index (κ3) is 4.89. The molecule has 4 nitrogen and oxygen atoms in total. The van der Waals surface area contributed by atoms with E-state index < -0.39 is 0 Å². The van der Waals surface area contributed by atoms with Crippen LogP contribution in [0.25, 0.3) is 0 Å². The van der Waals surface area contributed by atoms with Crippen molar-refractivity contribution in [1.82, 2.24) is 15.2 Å². The first kappa shape index (κ1) is 17.2. The van der Waals surface area contributed by atoms with E-state index in [1.807, 2.05) is 48.5 Å². The summed E-state index contributed by atoms with van der Waals surface area (Å²) in [4.78, 5) is 19.2. The van der Waals surface area contributed by atoms with Gasteiger partial charge >= 0.3 is 0 Å². The second kappa shape index (κ2) is 9.06. The van der Waals surface area contributed by atoms with Gasteiger partial charge in [0.15, 0.2) is 0 Å². The van der Waals surface area contributed by atoms with Crippen molar-refractivity contribution in [3.63, 3.8) is 0 Å². The van der Waals surface area contributed by atoms with Crippen LogP contribution in [0.1, 0.15) is 31.1 Å². The molecular formula is C19H25N3O. The van der Waals surface area contributed by atoms with Gasteiger partial charge < -0.3 is 5.32 Å². The van der Waals surface area contributed by atoms with Gasteiger partial charge in [0, 0.05) is 24.9 Å². The molecule has 1 aromatic heterocycles. The molecule has 0 saturated carbocycles. The molecule has 1 atom stereocenters. The molecule has 1 amide bonds. The molecule has 0 saturated heterocycles. The first-order chi connectivity index (χ1) is 11.3. The summed E-state index contributed by atoms with van der Waals surface area (Å²) in [6, 6.07) is 15.6. The number of amides is 1. The SMILES string of the molecule is CCN(CC)[C@@H](C(=O)NCCc1ccccn1)c1ccccc1. The summed E-state index contributed by atoms with van der Waals surface area (Å²) in [7, 11) is 0. The van der Waals surface area contributed by atoms with Gasteiger partial charge in [-0.1, -0.05) is 50.2 Å². The third-order valence-electron chi connectivity index (χ3n) is 3.95. The van der Waals surface area contributed by atoms with Gasteiger partial charge in [-0.2, -0.15) is 0 Å². The lowest BCUT2D eigenvalue weighted by atomic mass is 10.0. The van der Waals surface area contributed by atoms with Crippen LogP contribution < -0.4 is 5.32 Å². The molecule has 2 aromatic rings. The van der Waals surface area contributed by atoms with Crippen LogP contribution in [-0.2, 0) is 11.2 Å². The predicted molar refractivity (Wildman–Crippen MR) is 93.1 cm³/mol. The molecule has 4 heteroatoms. The van der Waals surface area contributed by atoms with Crippen molar-refractivity contribution in [2.75, 3.05) is 19.6 Å². The molecule has 1 aromatic carbocycles. The highest BCUT2D eigenvalue weighted by Crippen LogP contribution is 2.20. The van der Waals surface area contributed by atoms with Crippen LogP contribution in [0.3, 0.4) is 0 Å². The average molecular weight is 311 g/mol. The fraction of sp³-hybridized carbons (Fsp3) is 0.368.